The molecule has 5 nitrogen and oxygen atoms in total. The predicted molar refractivity (Wildman–Crippen MR) is 93.5 cm³/mol. The largest absolute Gasteiger partial charge is 0.469 e. The van der Waals surface area contributed by atoms with E-state index in [0.717, 1.165) is 5.56 Å². The van der Waals surface area contributed by atoms with Gasteiger partial charge in [-0.25, -0.2) is 4.79 Å². The van der Waals surface area contributed by atoms with Crippen molar-refractivity contribution in [2.75, 3.05) is 7.11 Å². The third kappa shape index (κ3) is 6.60. The lowest BCUT2D eigenvalue weighted by molar-refractivity contribution is -0.142. The topological polar surface area (TPSA) is 55.8 Å². The van der Waals surface area contributed by atoms with Gasteiger partial charge in [0.15, 0.2) is 0 Å². The summed E-state index contributed by atoms with van der Waals surface area (Å²) in [5.74, 6) is -0.327. The summed E-state index contributed by atoms with van der Waals surface area (Å²) < 4.78 is 10.3. The number of nitrogens with zero attached hydrogens (tertiary/aromatic N) is 1. The molecule has 1 amide bonds. The van der Waals surface area contributed by atoms with Gasteiger partial charge < -0.3 is 14.4 Å². The molecule has 0 radical (unpaired) electrons. The van der Waals surface area contributed by atoms with Crippen LogP contribution in [0.25, 0.3) is 0 Å². The Balaban J connectivity index is 2.94. The molecule has 0 fully saturated rings. The number of hydrogen-bond donors (Lipinski definition) is 0. The number of carbonyl (C=O) groups excluding carboxylic acids is 2. The van der Waals surface area contributed by atoms with E-state index < -0.39 is 5.60 Å². The van der Waals surface area contributed by atoms with Gasteiger partial charge in [0.1, 0.15) is 5.60 Å². The van der Waals surface area contributed by atoms with Crippen molar-refractivity contribution < 1.29 is 19.1 Å². The number of ether oxygens (including phenoxy) is 2. The van der Waals surface area contributed by atoms with Gasteiger partial charge in [0, 0.05) is 19.0 Å². The summed E-state index contributed by atoms with van der Waals surface area (Å²) in [6, 6.07) is 9.57. The minimum atomic E-state index is -0.572. The van der Waals surface area contributed by atoms with Crippen LogP contribution in [0.2, 0.25) is 0 Å². The van der Waals surface area contributed by atoms with Gasteiger partial charge in [-0.2, -0.15) is 0 Å². The van der Waals surface area contributed by atoms with Crippen LogP contribution in [-0.4, -0.2) is 35.7 Å². The molecule has 1 aromatic rings. The van der Waals surface area contributed by atoms with Crippen molar-refractivity contribution in [2.24, 2.45) is 5.92 Å². The molecule has 0 aliphatic rings. The average molecular weight is 335 g/mol. The first kappa shape index (κ1) is 20.0. The van der Waals surface area contributed by atoms with Crippen molar-refractivity contribution >= 4 is 12.1 Å². The van der Waals surface area contributed by atoms with E-state index in [4.69, 9.17) is 9.47 Å². The zero-order valence-electron chi connectivity index (χ0n) is 15.5. The van der Waals surface area contributed by atoms with E-state index in [9.17, 15) is 9.59 Å². The van der Waals surface area contributed by atoms with Crippen molar-refractivity contribution in [3.63, 3.8) is 0 Å². The maximum absolute atomic E-state index is 12.7. The van der Waals surface area contributed by atoms with Crippen LogP contribution in [0.3, 0.4) is 0 Å². The smallest absolute Gasteiger partial charge is 0.410 e. The van der Waals surface area contributed by atoms with E-state index in [1.807, 2.05) is 65.0 Å². The molecule has 24 heavy (non-hydrogen) atoms. The first-order chi connectivity index (χ1) is 11.1. The third-order valence-electron chi connectivity index (χ3n) is 3.86. The van der Waals surface area contributed by atoms with E-state index in [2.05, 4.69) is 0 Å². The molecule has 2 atom stereocenters. The molecule has 0 spiro atoms. The molecule has 1 rings (SSSR count). The molecular formula is C19H29NO4. The Labute approximate surface area is 144 Å². The van der Waals surface area contributed by atoms with Gasteiger partial charge in [0.25, 0.3) is 0 Å². The Kier molecular flexibility index (Phi) is 7.26. The molecule has 0 heterocycles. The second kappa shape index (κ2) is 8.71. The van der Waals surface area contributed by atoms with E-state index in [0.29, 0.717) is 6.54 Å². The lowest BCUT2D eigenvalue weighted by Crippen LogP contribution is -2.44. The number of methoxy groups -OCH3 is 1. The summed E-state index contributed by atoms with van der Waals surface area (Å²) in [7, 11) is 1.37. The van der Waals surface area contributed by atoms with Crippen LogP contribution >= 0.6 is 0 Å². The summed E-state index contributed by atoms with van der Waals surface area (Å²) in [4.78, 5) is 25.9. The minimum absolute atomic E-state index is 0.0475. The maximum atomic E-state index is 12.7. The van der Waals surface area contributed by atoms with Crippen LogP contribution in [0, 0.1) is 5.92 Å². The van der Waals surface area contributed by atoms with Crippen LogP contribution < -0.4 is 0 Å². The number of amides is 1. The Morgan fingerprint density at radius 2 is 1.71 bits per heavy atom. The normalized spacial score (nSPS) is 13.8. The molecular weight excluding hydrogens is 306 g/mol. The number of esters is 1. The van der Waals surface area contributed by atoms with Crippen LogP contribution in [0.4, 0.5) is 4.79 Å². The molecule has 0 saturated carbocycles. The zero-order chi connectivity index (χ0) is 18.3. The van der Waals surface area contributed by atoms with Gasteiger partial charge in [-0.3, -0.25) is 4.79 Å². The third-order valence-corrected chi connectivity index (χ3v) is 3.86. The highest BCUT2D eigenvalue weighted by atomic mass is 16.6. The zero-order valence-corrected chi connectivity index (χ0v) is 15.5. The standard InChI is InChI=1S/C19H29NO4/c1-14(12-17(21)23-6)15(2)20(18(22)24-19(3,4)5)13-16-10-8-7-9-11-16/h7-11,14-15H,12-13H2,1-6H3/t14-,15-/m0/s1. The van der Waals surface area contributed by atoms with E-state index in [1.54, 1.807) is 4.90 Å². The van der Waals surface area contributed by atoms with E-state index >= 15 is 0 Å². The molecule has 0 aliphatic carbocycles. The summed E-state index contributed by atoms with van der Waals surface area (Å²) >= 11 is 0. The van der Waals surface area contributed by atoms with Gasteiger partial charge in [-0.15, -0.1) is 0 Å². The van der Waals surface area contributed by atoms with Crippen molar-refractivity contribution in [1.29, 1.82) is 0 Å². The van der Waals surface area contributed by atoms with Crippen LogP contribution in [0.5, 0.6) is 0 Å². The number of carbonyl (C=O) groups is 2. The number of hydrogen-bond acceptors (Lipinski definition) is 4. The molecule has 5 heteroatoms. The predicted octanol–water partition coefficient (Wildman–Crippen LogP) is 4.01. The molecule has 0 bridgehead atoms. The molecule has 134 valence electrons. The fourth-order valence-corrected chi connectivity index (χ4v) is 2.30. The lowest BCUT2D eigenvalue weighted by Gasteiger charge is -2.34. The molecule has 0 N–H and O–H groups in total. The number of rotatable bonds is 6. The maximum Gasteiger partial charge on any atom is 0.410 e. The highest BCUT2D eigenvalue weighted by Crippen LogP contribution is 2.21. The van der Waals surface area contributed by atoms with Crippen molar-refractivity contribution in [3.8, 4) is 0 Å². The van der Waals surface area contributed by atoms with Gasteiger partial charge in [0.2, 0.25) is 0 Å². The Bertz CT molecular complexity index is 536. The van der Waals surface area contributed by atoms with Gasteiger partial charge in [-0.05, 0) is 39.2 Å². The molecule has 1 aromatic carbocycles. The minimum Gasteiger partial charge on any atom is -0.469 e. The van der Waals surface area contributed by atoms with Crippen LogP contribution in [-0.2, 0) is 20.8 Å². The van der Waals surface area contributed by atoms with Crippen LogP contribution in [0.15, 0.2) is 30.3 Å². The lowest BCUT2D eigenvalue weighted by atomic mass is 9.98. The van der Waals surface area contributed by atoms with Crippen molar-refractivity contribution in [3.05, 3.63) is 35.9 Å². The summed E-state index contributed by atoms with van der Waals surface area (Å²) in [5.41, 5.74) is 0.442. The van der Waals surface area contributed by atoms with Gasteiger partial charge in [-0.1, -0.05) is 37.3 Å². The highest BCUT2D eigenvalue weighted by molar-refractivity contribution is 5.70. The highest BCUT2D eigenvalue weighted by Gasteiger charge is 2.30. The molecule has 0 saturated heterocycles. The van der Waals surface area contributed by atoms with Crippen LogP contribution in [0.1, 0.15) is 46.6 Å². The summed E-state index contributed by atoms with van der Waals surface area (Å²) in [5, 5.41) is 0. The molecule has 0 unspecified atom stereocenters. The Morgan fingerprint density at radius 3 is 2.21 bits per heavy atom. The molecule has 0 aliphatic heterocycles. The first-order valence-corrected chi connectivity index (χ1v) is 8.24. The summed E-state index contributed by atoms with van der Waals surface area (Å²) in [6.07, 6.45) is -0.123. The Hall–Kier alpha value is -2.04. The fourth-order valence-electron chi connectivity index (χ4n) is 2.30. The second-order valence-corrected chi connectivity index (χ2v) is 7.09. The number of benzene rings is 1. The van der Waals surface area contributed by atoms with Crippen molar-refractivity contribution in [2.45, 2.75) is 59.2 Å². The molecule has 0 aromatic heterocycles. The first-order valence-electron chi connectivity index (χ1n) is 8.24. The van der Waals surface area contributed by atoms with Crippen molar-refractivity contribution in [1.82, 2.24) is 4.90 Å². The van der Waals surface area contributed by atoms with Gasteiger partial charge >= 0.3 is 12.1 Å². The van der Waals surface area contributed by atoms with E-state index in [1.165, 1.54) is 7.11 Å². The fraction of sp³-hybridized carbons (Fsp3) is 0.579. The SMILES string of the molecule is COC(=O)C[C@H](C)[C@H](C)N(Cc1ccccc1)C(=O)OC(C)(C)C. The van der Waals surface area contributed by atoms with E-state index in [-0.39, 0.29) is 30.4 Å². The monoisotopic (exact) mass is 335 g/mol. The average Bonchev–Trinajstić information content (AvgIpc) is 2.51. The summed E-state index contributed by atoms with van der Waals surface area (Å²) in [6.45, 7) is 9.82. The second-order valence-electron chi connectivity index (χ2n) is 7.09. The van der Waals surface area contributed by atoms with Gasteiger partial charge in [0.05, 0.1) is 7.11 Å². The quantitative estimate of drug-likeness (QED) is 0.737. The Morgan fingerprint density at radius 1 is 1.12 bits per heavy atom.